The number of benzene rings is 1. The molecule has 0 saturated heterocycles. The zero-order valence-electron chi connectivity index (χ0n) is 9.88. The topological polar surface area (TPSA) is 69.1 Å². The molecule has 4 rings (SSSR count). The molecule has 0 bridgehead atoms. The molecule has 2 aromatic heterocycles. The number of para-hydroxylation sites is 1. The van der Waals surface area contributed by atoms with E-state index in [4.69, 9.17) is 5.73 Å². The van der Waals surface area contributed by atoms with E-state index < -0.39 is 5.82 Å². The van der Waals surface area contributed by atoms with Crippen molar-refractivity contribution >= 4 is 22.0 Å². The van der Waals surface area contributed by atoms with Crippen LogP contribution in [-0.4, -0.2) is 19.8 Å². The number of fused-ring (bicyclic) bond motifs is 1. The van der Waals surface area contributed by atoms with Gasteiger partial charge >= 0.3 is 0 Å². The van der Waals surface area contributed by atoms with Crippen LogP contribution in [0.15, 0.2) is 18.2 Å². The zero-order chi connectivity index (χ0) is 13.0. The lowest BCUT2D eigenvalue weighted by Crippen LogP contribution is -1.96. The van der Waals surface area contributed by atoms with Crippen LogP contribution in [0.1, 0.15) is 24.6 Å². The Morgan fingerprint density at radius 2 is 2.16 bits per heavy atom. The summed E-state index contributed by atoms with van der Waals surface area (Å²) >= 11 is 1.37. The highest BCUT2D eigenvalue weighted by atomic mass is 32.1. The minimum Gasteiger partial charge on any atom is -0.396 e. The summed E-state index contributed by atoms with van der Waals surface area (Å²) < 4.78 is 15.2. The molecule has 1 aromatic carbocycles. The van der Waals surface area contributed by atoms with Gasteiger partial charge in [0.05, 0.1) is 5.69 Å². The number of nitrogen functional groups attached to an aromatic ring is 1. The highest BCUT2D eigenvalue weighted by molar-refractivity contribution is 7.19. The van der Waals surface area contributed by atoms with Gasteiger partial charge in [-0.1, -0.05) is 17.4 Å². The van der Waals surface area contributed by atoms with Gasteiger partial charge in [-0.2, -0.15) is 9.61 Å². The standard InChI is InChI=1S/C12H10FN5S/c13-8-3-1-2-7(9(8)14)11-17-18-10(6-4-5-6)15-16-12(18)19-11/h1-3,6H,4-5,14H2. The fourth-order valence-electron chi connectivity index (χ4n) is 2.06. The molecule has 1 fully saturated rings. The fraction of sp³-hybridized carbons (Fsp3) is 0.250. The normalized spacial score (nSPS) is 15.2. The molecule has 5 nitrogen and oxygen atoms in total. The summed E-state index contributed by atoms with van der Waals surface area (Å²) in [5, 5.41) is 13.4. The maximum absolute atomic E-state index is 13.5. The minimum atomic E-state index is -0.425. The van der Waals surface area contributed by atoms with E-state index in [2.05, 4.69) is 15.3 Å². The molecule has 1 aliphatic carbocycles. The summed E-state index contributed by atoms with van der Waals surface area (Å²) in [5.74, 6) is 0.938. The summed E-state index contributed by atoms with van der Waals surface area (Å²) in [6.45, 7) is 0. The van der Waals surface area contributed by atoms with Gasteiger partial charge in [0.15, 0.2) is 5.82 Å². The maximum Gasteiger partial charge on any atom is 0.234 e. The van der Waals surface area contributed by atoms with E-state index >= 15 is 0 Å². The van der Waals surface area contributed by atoms with E-state index in [1.54, 1.807) is 16.6 Å². The number of aromatic nitrogens is 4. The predicted molar refractivity (Wildman–Crippen MR) is 70.4 cm³/mol. The molecular weight excluding hydrogens is 265 g/mol. The van der Waals surface area contributed by atoms with Crippen LogP contribution in [0.3, 0.4) is 0 Å². The van der Waals surface area contributed by atoms with Crippen molar-refractivity contribution in [1.82, 2.24) is 19.8 Å². The lowest BCUT2D eigenvalue weighted by Gasteiger charge is -2.01. The van der Waals surface area contributed by atoms with Gasteiger partial charge in [0.25, 0.3) is 0 Å². The molecule has 0 unspecified atom stereocenters. The van der Waals surface area contributed by atoms with Crippen LogP contribution in [0, 0.1) is 5.82 Å². The minimum absolute atomic E-state index is 0.125. The second-order valence-electron chi connectivity index (χ2n) is 4.64. The third-order valence-corrected chi connectivity index (χ3v) is 4.17. The lowest BCUT2D eigenvalue weighted by atomic mass is 10.2. The van der Waals surface area contributed by atoms with Crippen LogP contribution in [0.4, 0.5) is 10.1 Å². The average Bonchev–Trinajstić information content (AvgIpc) is 3.02. The second kappa shape index (κ2) is 3.74. The van der Waals surface area contributed by atoms with E-state index in [1.807, 2.05) is 0 Å². The van der Waals surface area contributed by atoms with Gasteiger partial charge in [0.1, 0.15) is 10.8 Å². The summed E-state index contributed by atoms with van der Waals surface area (Å²) in [4.78, 5) is 0.723. The number of hydrogen-bond acceptors (Lipinski definition) is 5. The summed E-state index contributed by atoms with van der Waals surface area (Å²) in [6, 6.07) is 4.74. The monoisotopic (exact) mass is 275 g/mol. The first-order chi connectivity index (χ1) is 9.24. The van der Waals surface area contributed by atoms with E-state index in [0.29, 0.717) is 16.5 Å². The third kappa shape index (κ3) is 1.61. The molecule has 0 radical (unpaired) electrons. The molecule has 7 heteroatoms. The molecule has 1 aliphatic rings. The summed E-state index contributed by atoms with van der Waals surface area (Å²) in [6.07, 6.45) is 2.27. The van der Waals surface area contributed by atoms with Crippen molar-refractivity contribution in [1.29, 1.82) is 0 Å². The van der Waals surface area contributed by atoms with Crippen LogP contribution in [0.25, 0.3) is 15.5 Å². The molecule has 2 N–H and O–H groups in total. The summed E-state index contributed by atoms with van der Waals surface area (Å²) in [7, 11) is 0. The van der Waals surface area contributed by atoms with Crippen molar-refractivity contribution in [2.45, 2.75) is 18.8 Å². The van der Waals surface area contributed by atoms with Crippen molar-refractivity contribution < 1.29 is 4.39 Å². The Morgan fingerprint density at radius 1 is 1.32 bits per heavy atom. The number of nitrogens with two attached hydrogens (primary N) is 1. The van der Waals surface area contributed by atoms with Crippen molar-refractivity contribution in [3.63, 3.8) is 0 Å². The highest BCUT2D eigenvalue weighted by Crippen LogP contribution is 2.40. The number of halogens is 1. The molecule has 3 aromatic rings. The Morgan fingerprint density at radius 3 is 2.95 bits per heavy atom. The number of rotatable bonds is 2. The first-order valence-corrected chi connectivity index (χ1v) is 6.82. The smallest absolute Gasteiger partial charge is 0.234 e. The zero-order valence-corrected chi connectivity index (χ0v) is 10.7. The van der Waals surface area contributed by atoms with Gasteiger partial charge in [-0.3, -0.25) is 0 Å². The third-order valence-electron chi connectivity index (χ3n) is 3.24. The van der Waals surface area contributed by atoms with Gasteiger partial charge in [0.2, 0.25) is 4.96 Å². The van der Waals surface area contributed by atoms with Crippen LogP contribution in [-0.2, 0) is 0 Å². The highest BCUT2D eigenvalue weighted by Gasteiger charge is 2.30. The first kappa shape index (κ1) is 10.9. The number of nitrogens with zero attached hydrogens (tertiary/aromatic N) is 4. The van der Waals surface area contributed by atoms with Gasteiger partial charge in [0, 0.05) is 11.5 Å². The molecule has 1 saturated carbocycles. The Hall–Kier alpha value is -2.02. The number of anilines is 1. The van der Waals surface area contributed by atoms with Crippen LogP contribution >= 0.6 is 11.3 Å². The first-order valence-electron chi connectivity index (χ1n) is 6.00. The molecule has 0 spiro atoms. The van der Waals surface area contributed by atoms with Crippen LogP contribution < -0.4 is 5.73 Å². The fourth-order valence-corrected chi connectivity index (χ4v) is 2.95. The molecule has 0 atom stereocenters. The van der Waals surface area contributed by atoms with Gasteiger partial charge in [-0.25, -0.2) is 4.39 Å². The Bertz CT molecular complexity index is 774. The van der Waals surface area contributed by atoms with Gasteiger partial charge in [-0.05, 0) is 25.0 Å². The van der Waals surface area contributed by atoms with E-state index in [0.717, 1.165) is 23.6 Å². The molecule has 2 heterocycles. The van der Waals surface area contributed by atoms with Crippen molar-refractivity contribution in [2.24, 2.45) is 0 Å². The average molecular weight is 275 g/mol. The quantitative estimate of drug-likeness (QED) is 0.729. The predicted octanol–water partition coefficient (Wildman–Crippen LogP) is 2.45. The second-order valence-corrected chi connectivity index (χ2v) is 5.59. The van der Waals surface area contributed by atoms with Crippen LogP contribution in [0.2, 0.25) is 0 Å². The molecular formula is C12H10FN5S. The molecule has 19 heavy (non-hydrogen) atoms. The molecule has 0 amide bonds. The molecule has 96 valence electrons. The van der Waals surface area contributed by atoms with Crippen molar-refractivity contribution in [3.8, 4) is 10.6 Å². The van der Waals surface area contributed by atoms with Gasteiger partial charge in [-0.15, -0.1) is 10.2 Å². The Labute approximate surface area is 111 Å². The van der Waals surface area contributed by atoms with Crippen LogP contribution in [0.5, 0.6) is 0 Å². The van der Waals surface area contributed by atoms with E-state index in [9.17, 15) is 4.39 Å². The van der Waals surface area contributed by atoms with E-state index in [1.165, 1.54) is 17.4 Å². The lowest BCUT2D eigenvalue weighted by molar-refractivity contribution is 0.633. The van der Waals surface area contributed by atoms with Crippen molar-refractivity contribution in [3.05, 3.63) is 29.8 Å². The SMILES string of the molecule is Nc1c(F)cccc1-c1nn2c(C3CC3)nnc2s1. The Balaban J connectivity index is 1.89. The maximum atomic E-state index is 13.5. The molecule has 0 aliphatic heterocycles. The Kier molecular flexibility index (Phi) is 2.14. The largest absolute Gasteiger partial charge is 0.396 e. The summed E-state index contributed by atoms with van der Waals surface area (Å²) in [5.41, 5.74) is 6.50. The van der Waals surface area contributed by atoms with Gasteiger partial charge < -0.3 is 5.73 Å². The van der Waals surface area contributed by atoms with Crippen molar-refractivity contribution in [2.75, 3.05) is 5.73 Å². The van der Waals surface area contributed by atoms with E-state index in [-0.39, 0.29) is 5.69 Å². The number of hydrogen-bond donors (Lipinski definition) is 1.